The minimum atomic E-state index is -3.50. The number of ether oxygens (including phenoxy) is 3. The largest absolute Gasteiger partial charge is 0.492 e. The van der Waals surface area contributed by atoms with Crippen molar-refractivity contribution in [2.24, 2.45) is 0 Å². The molecule has 0 atom stereocenters. The molecule has 0 aliphatic heterocycles. The first kappa shape index (κ1) is 18.0. The van der Waals surface area contributed by atoms with Crippen molar-refractivity contribution in [3.05, 3.63) is 35.8 Å². The SMILES string of the molecule is CCc1cnc(Oc2ccc(S(C)(=O)=O)cc2F)c(OC)c1OC. The lowest BCUT2D eigenvalue weighted by Crippen LogP contribution is -2.02. The molecule has 0 radical (unpaired) electrons. The van der Waals surface area contributed by atoms with Gasteiger partial charge in [0, 0.05) is 18.0 Å². The Morgan fingerprint density at radius 3 is 2.33 bits per heavy atom. The predicted molar refractivity (Wildman–Crippen MR) is 86.3 cm³/mol. The van der Waals surface area contributed by atoms with Crippen LogP contribution in [0.1, 0.15) is 12.5 Å². The van der Waals surface area contributed by atoms with Crippen LogP contribution in [0.4, 0.5) is 4.39 Å². The van der Waals surface area contributed by atoms with E-state index in [9.17, 15) is 12.8 Å². The number of hydrogen-bond donors (Lipinski definition) is 0. The number of rotatable bonds is 6. The topological polar surface area (TPSA) is 74.7 Å². The van der Waals surface area contributed by atoms with Gasteiger partial charge in [-0.05, 0) is 24.6 Å². The smallest absolute Gasteiger partial charge is 0.266 e. The highest BCUT2D eigenvalue weighted by molar-refractivity contribution is 7.90. The summed E-state index contributed by atoms with van der Waals surface area (Å²) >= 11 is 0. The number of aryl methyl sites for hydroxylation is 1. The molecule has 0 unspecified atom stereocenters. The van der Waals surface area contributed by atoms with Crippen molar-refractivity contribution in [2.75, 3.05) is 20.5 Å². The highest BCUT2D eigenvalue weighted by atomic mass is 32.2. The minimum Gasteiger partial charge on any atom is -0.492 e. The summed E-state index contributed by atoms with van der Waals surface area (Å²) in [5.74, 6) is -0.265. The number of methoxy groups -OCH3 is 2. The number of benzene rings is 1. The van der Waals surface area contributed by atoms with Gasteiger partial charge in [0.1, 0.15) is 0 Å². The molecule has 0 fully saturated rings. The van der Waals surface area contributed by atoms with Crippen molar-refractivity contribution in [1.82, 2.24) is 4.98 Å². The molecule has 130 valence electrons. The molecular formula is C16H18FNO5S. The number of sulfone groups is 1. The molecular weight excluding hydrogens is 337 g/mol. The first-order valence-electron chi connectivity index (χ1n) is 7.09. The maximum absolute atomic E-state index is 14.1. The predicted octanol–water partition coefficient (Wildman–Crippen LogP) is 3.00. The van der Waals surface area contributed by atoms with Gasteiger partial charge < -0.3 is 14.2 Å². The Balaban J connectivity index is 2.45. The molecule has 2 aromatic rings. The molecule has 0 aliphatic rings. The molecule has 8 heteroatoms. The second kappa shape index (κ2) is 7.04. The molecule has 1 aromatic carbocycles. The van der Waals surface area contributed by atoms with Gasteiger partial charge in [0.05, 0.1) is 19.1 Å². The summed E-state index contributed by atoms with van der Waals surface area (Å²) < 4.78 is 53.1. The second-order valence-electron chi connectivity index (χ2n) is 4.98. The fourth-order valence-corrected chi connectivity index (χ4v) is 2.76. The summed E-state index contributed by atoms with van der Waals surface area (Å²) in [5.41, 5.74) is 0.814. The quantitative estimate of drug-likeness (QED) is 0.793. The van der Waals surface area contributed by atoms with Crippen molar-refractivity contribution in [3.63, 3.8) is 0 Å². The molecule has 0 saturated heterocycles. The van der Waals surface area contributed by atoms with Crippen LogP contribution in [0.3, 0.4) is 0 Å². The molecule has 24 heavy (non-hydrogen) atoms. The molecule has 6 nitrogen and oxygen atoms in total. The normalized spacial score (nSPS) is 11.2. The average Bonchev–Trinajstić information content (AvgIpc) is 2.54. The van der Waals surface area contributed by atoms with Crippen LogP contribution in [0, 0.1) is 5.82 Å². The molecule has 0 N–H and O–H groups in total. The van der Waals surface area contributed by atoms with Crippen LogP contribution >= 0.6 is 0 Å². The van der Waals surface area contributed by atoms with Crippen LogP contribution in [0.2, 0.25) is 0 Å². The highest BCUT2D eigenvalue weighted by Gasteiger charge is 2.19. The molecule has 0 amide bonds. The second-order valence-corrected chi connectivity index (χ2v) is 6.99. The summed E-state index contributed by atoms with van der Waals surface area (Å²) in [4.78, 5) is 3.99. The van der Waals surface area contributed by atoms with Gasteiger partial charge >= 0.3 is 0 Å². The lowest BCUT2D eigenvalue weighted by Gasteiger charge is -2.15. The Labute approximate surface area is 140 Å². The maximum Gasteiger partial charge on any atom is 0.266 e. The van der Waals surface area contributed by atoms with E-state index in [0.717, 1.165) is 17.9 Å². The van der Waals surface area contributed by atoms with E-state index in [2.05, 4.69) is 4.98 Å². The number of aromatic nitrogens is 1. The van der Waals surface area contributed by atoms with Gasteiger partial charge in [0.15, 0.2) is 27.2 Å². The highest BCUT2D eigenvalue weighted by Crippen LogP contribution is 2.40. The Hall–Kier alpha value is -2.35. The van der Waals surface area contributed by atoms with Crippen molar-refractivity contribution >= 4 is 9.84 Å². The number of hydrogen-bond acceptors (Lipinski definition) is 6. The van der Waals surface area contributed by atoms with Gasteiger partial charge in [0.25, 0.3) is 5.88 Å². The van der Waals surface area contributed by atoms with Crippen LogP contribution in [0.15, 0.2) is 29.3 Å². The summed E-state index contributed by atoms with van der Waals surface area (Å²) in [6.45, 7) is 1.93. The zero-order valence-corrected chi connectivity index (χ0v) is 14.6. The minimum absolute atomic E-state index is 0.0255. The third-order valence-corrected chi connectivity index (χ3v) is 4.47. The first-order chi connectivity index (χ1) is 11.3. The van der Waals surface area contributed by atoms with Crippen LogP contribution in [-0.4, -0.2) is 33.9 Å². The van der Waals surface area contributed by atoms with Crippen LogP contribution in [0.25, 0.3) is 0 Å². The van der Waals surface area contributed by atoms with Gasteiger partial charge in [-0.2, -0.15) is 0 Å². The zero-order chi connectivity index (χ0) is 17.9. The summed E-state index contributed by atoms with van der Waals surface area (Å²) in [7, 11) is -0.589. The molecule has 0 saturated carbocycles. The van der Waals surface area contributed by atoms with Crippen LogP contribution in [0.5, 0.6) is 23.1 Å². The molecule has 1 aromatic heterocycles. The summed E-state index contributed by atoms with van der Waals surface area (Å²) in [6.07, 6.45) is 3.23. The number of halogens is 1. The fourth-order valence-electron chi connectivity index (χ4n) is 2.12. The van der Waals surface area contributed by atoms with E-state index in [1.165, 1.54) is 26.4 Å². The Morgan fingerprint density at radius 1 is 1.17 bits per heavy atom. The van der Waals surface area contributed by atoms with Gasteiger partial charge in [0.2, 0.25) is 5.75 Å². The van der Waals surface area contributed by atoms with Crippen molar-refractivity contribution in [1.29, 1.82) is 0 Å². The van der Waals surface area contributed by atoms with Crippen molar-refractivity contribution < 1.29 is 27.0 Å². The van der Waals surface area contributed by atoms with Gasteiger partial charge in [-0.3, -0.25) is 0 Å². The van der Waals surface area contributed by atoms with E-state index in [1.807, 2.05) is 6.92 Å². The van der Waals surface area contributed by atoms with Gasteiger partial charge in [-0.25, -0.2) is 17.8 Å². The Bertz CT molecular complexity index is 852. The van der Waals surface area contributed by atoms with E-state index in [0.29, 0.717) is 12.2 Å². The third-order valence-electron chi connectivity index (χ3n) is 3.36. The molecule has 0 spiro atoms. The van der Waals surface area contributed by atoms with E-state index in [4.69, 9.17) is 14.2 Å². The summed E-state index contributed by atoms with van der Waals surface area (Å²) in [5, 5.41) is 0. The van der Waals surface area contributed by atoms with Crippen molar-refractivity contribution in [2.45, 2.75) is 18.2 Å². The monoisotopic (exact) mass is 355 g/mol. The van der Waals surface area contributed by atoms with E-state index >= 15 is 0 Å². The Kier molecular flexibility index (Phi) is 5.28. The zero-order valence-electron chi connectivity index (χ0n) is 13.8. The Morgan fingerprint density at radius 2 is 1.83 bits per heavy atom. The number of pyridine rings is 1. The van der Waals surface area contributed by atoms with E-state index in [-0.39, 0.29) is 22.3 Å². The maximum atomic E-state index is 14.1. The average molecular weight is 355 g/mol. The first-order valence-corrected chi connectivity index (χ1v) is 8.98. The van der Waals surface area contributed by atoms with Gasteiger partial charge in [-0.1, -0.05) is 6.92 Å². The fraction of sp³-hybridized carbons (Fsp3) is 0.312. The molecule has 2 rings (SSSR count). The number of nitrogens with zero attached hydrogens (tertiary/aromatic N) is 1. The molecule has 0 bridgehead atoms. The van der Waals surface area contributed by atoms with Crippen molar-refractivity contribution in [3.8, 4) is 23.1 Å². The summed E-state index contributed by atoms with van der Waals surface area (Å²) in [6, 6.07) is 3.39. The van der Waals surface area contributed by atoms with E-state index < -0.39 is 15.7 Å². The van der Waals surface area contributed by atoms with Crippen LogP contribution in [-0.2, 0) is 16.3 Å². The lowest BCUT2D eigenvalue weighted by molar-refractivity contribution is 0.324. The van der Waals surface area contributed by atoms with Crippen LogP contribution < -0.4 is 14.2 Å². The van der Waals surface area contributed by atoms with Gasteiger partial charge in [-0.15, -0.1) is 0 Å². The lowest BCUT2D eigenvalue weighted by atomic mass is 10.2. The molecule has 0 aliphatic carbocycles. The third kappa shape index (κ3) is 3.59. The standard InChI is InChI=1S/C16H18FNO5S/c1-5-10-9-18-16(15(22-3)14(10)21-2)23-13-7-6-11(8-12(13)17)24(4,19)20/h6-9H,5H2,1-4H3. The molecule has 1 heterocycles. The van der Waals surface area contributed by atoms with E-state index in [1.54, 1.807) is 6.20 Å².